The lowest BCUT2D eigenvalue weighted by atomic mass is 9.97. The van der Waals surface area contributed by atoms with Gasteiger partial charge < -0.3 is 15.0 Å². The second-order valence-electron chi connectivity index (χ2n) is 5.21. The Morgan fingerprint density at radius 2 is 2.23 bits per heavy atom. The molecule has 8 heteroatoms. The Balaban J connectivity index is 1.83. The van der Waals surface area contributed by atoms with Crippen LogP contribution in [-0.2, 0) is 23.1 Å². The fourth-order valence-electron chi connectivity index (χ4n) is 2.56. The molecule has 0 aliphatic carbocycles. The molecule has 1 fully saturated rings. The van der Waals surface area contributed by atoms with E-state index in [2.05, 4.69) is 25.3 Å². The van der Waals surface area contributed by atoms with Gasteiger partial charge in [-0.1, -0.05) is 0 Å². The fourth-order valence-corrected chi connectivity index (χ4v) is 2.56. The van der Waals surface area contributed by atoms with Crippen molar-refractivity contribution in [1.29, 1.82) is 0 Å². The molecule has 0 spiro atoms. The molecule has 1 aromatic heterocycles. The van der Waals surface area contributed by atoms with Crippen LogP contribution in [0, 0.1) is 5.92 Å². The third-order valence-corrected chi connectivity index (χ3v) is 3.84. The Labute approximate surface area is 130 Å². The third kappa shape index (κ3) is 3.96. The lowest BCUT2D eigenvalue weighted by molar-refractivity contribution is -0.149. The van der Waals surface area contributed by atoms with Crippen LogP contribution >= 0.6 is 0 Å². The van der Waals surface area contributed by atoms with Gasteiger partial charge >= 0.3 is 5.97 Å². The van der Waals surface area contributed by atoms with Crippen molar-refractivity contribution < 1.29 is 9.53 Å². The van der Waals surface area contributed by atoms with E-state index in [9.17, 15) is 4.79 Å². The van der Waals surface area contributed by atoms with Gasteiger partial charge in [0.1, 0.15) is 12.2 Å². The zero-order valence-corrected chi connectivity index (χ0v) is 13.4. The number of esters is 1. The number of ether oxygens (including phenoxy) is 1. The summed E-state index contributed by atoms with van der Waals surface area (Å²) in [7, 11) is 3.62. The van der Waals surface area contributed by atoms with E-state index in [0.29, 0.717) is 13.2 Å². The molecule has 0 saturated carbocycles. The molecule has 8 nitrogen and oxygen atoms in total. The molecule has 1 aliphatic rings. The van der Waals surface area contributed by atoms with Crippen LogP contribution < -0.4 is 5.32 Å². The van der Waals surface area contributed by atoms with Gasteiger partial charge in [-0.2, -0.15) is 5.10 Å². The molecule has 0 unspecified atom stereocenters. The monoisotopic (exact) mass is 308 g/mol. The average Bonchev–Trinajstić information content (AvgIpc) is 2.94. The molecular weight excluding hydrogens is 284 g/mol. The minimum absolute atomic E-state index is 0.00745. The van der Waals surface area contributed by atoms with Gasteiger partial charge in [0.2, 0.25) is 0 Å². The summed E-state index contributed by atoms with van der Waals surface area (Å²) in [4.78, 5) is 22.4. The highest BCUT2D eigenvalue weighted by molar-refractivity contribution is 5.80. The Hall–Kier alpha value is -2.12. The van der Waals surface area contributed by atoms with Gasteiger partial charge in [0.25, 0.3) is 0 Å². The SMILES string of the molecule is CCOC(=O)C1CCN(C(=NC)NCc2ncnn2C)CC1. The summed E-state index contributed by atoms with van der Waals surface area (Å²) in [6.45, 7) is 4.44. The molecule has 1 saturated heterocycles. The summed E-state index contributed by atoms with van der Waals surface area (Å²) in [5.41, 5.74) is 0. The average molecular weight is 308 g/mol. The number of likely N-dealkylation sites (tertiary alicyclic amines) is 1. The molecule has 0 amide bonds. The summed E-state index contributed by atoms with van der Waals surface area (Å²) in [5.74, 6) is 1.60. The van der Waals surface area contributed by atoms with Crippen LogP contribution in [-0.4, -0.2) is 58.3 Å². The van der Waals surface area contributed by atoms with Crippen molar-refractivity contribution in [2.24, 2.45) is 18.0 Å². The molecule has 0 atom stereocenters. The molecule has 122 valence electrons. The highest BCUT2D eigenvalue weighted by Crippen LogP contribution is 2.18. The van der Waals surface area contributed by atoms with Crippen LogP contribution in [0.5, 0.6) is 0 Å². The summed E-state index contributed by atoms with van der Waals surface area (Å²) < 4.78 is 6.82. The molecule has 2 heterocycles. The number of aliphatic imine (C=N–C) groups is 1. The molecule has 2 rings (SSSR count). The predicted octanol–water partition coefficient (Wildman–Crippen LogP) is 0.166. The number of carbonyl (C=O) groups is 1. The van der Waals surface area contributed by atoms with Gasteiger partial charge in [-0.05, 0) is 19.8 Å². The van der Waals surface area contributed by atoms with Crippen LogP contribution in [0.4, 0.5) is 0 Å². The molecule has 0 bridgehead atoms. The lowest BCUT2D eigenvalue weighted by Gasteiger charge is -2.33. The van der Waals surface area contributed by atoms with Gasteiger partial charge in [0, 0.05) is 27.2 Å². The number of nitrogens with zero attached hydrogens (tertiary/aromatic N) is 5. The molecule has 1 aliphatic heterocycles. The number of hydrogen-bond donors (Lipinski definition) is 1. The van der Waals surface area contributed by atoms with Crippen molar-refractivity contribution in [3.63, 3.8) is 0 Å². The van der Waals surface area contributed by atoms with Crippen molar-refractivity contribution in [2.75, 3.05) is 26.7 Å². The van der Waals surface area contributed by atoms with Crippen molar-refractivity contribution in [2.45, 2.75) is 26.3 Å². The maximum absolute atomic E-state index is 11.8. The molecule has 1 aromatic rings. The van der Waals surface area contributed by atoms with E-state index in [1.54, 1.807) is 11.7 Å². The topological polar surface area (TPSA) is 84.6 Å². The van der Waals surface area contributed by atoms with E-state index in [4.69, 9.17) is 4.74 Å². The first kappa shape index (κ1) is 16.3. The minimum atomic E-state index is -0.0795. The van der Waals surface area contributed by atoms with E-state index < -0.39 is 0 Å². The Bertz CT molecular complexity index is 519. The van der Waals surface area contributed by atoms with Gasteiger partial charge in [-0.25, -0.2) is 4.98 Å². The number of hydrogen-bond acceptors (Lipinski definition) is 5. The fraction of sp³-hybridized carbons (Fsp3) is 0.714. The smallest absolute Gasteiger partial charge is 0.309 e. The van der Waals surface area contributed by atoms with E-state index >= 15 is 0 Å². The zero-order valence-electron chi connectivity index (χ0n) is 13.4. The minimum Gasteiger partial charge on any atom is -0.466 e. The number of aryl methyl sites for hydroxylation is 1. The van der Waals surface area contributed by atoms with Gasteiger partial charge in [0.05, 0.1) is 19.1 Å². The number of nitrogens with one attached hydrogen (secondary N) is 1. The number of carbonyl (C=O) groups excluding carboxylic acids is 1. The second kappa shape index (κ2) is 7.77. The first-order valence-corrected chi connectivity index (χ1v) is 7.60. The Morgan fingerprint density at radius 1 is 1.50 bits per heavy atom. The summed E-state index contributed by atoms with van der Waals surface area (Å²) in [6.07, 6.45) is 3.12. The van der Waals surface area contributed by atoms with Crippen molar-refractivity contribution >= 4 is 11.9 Å². The molecule has 1 N–H and O–H groups in total. The normalized spacial score (nSPS) is 16.7. The number of piperidine rings is 1. The highest BCUT2D eigenvalue weighted by atomic mass is 16.5. The van der Waals surface area contributed by atoms with Crippen LogP contribution in [0.15, 0.2) is 11.3 Å². The zero-order chi connectivity index (χ0) is 15.9. The maximum atomic E-state index is 11.8. The first-order chi connectivity index (χ1) is 10.7. The molecule has 0 radical (unpaired) electrons. The van der Waals surface area contributed by atoms with E-state index in [-0.39, 0.29) is 11.9 Å². The van der Waals surface area contributed by atoms with Gasteiger partial charge in [0.15, 0.2) is 5.96 Å². The third-order valence-electron chi connectivity index (χ3n) is 3.84. The van der Waals surface area contributed by atoms with Gasteiger partial charge in [-0.3, -0.25) is 14.5 Å². The first-order valence-electron chi connectivity index (χ1n) is 7.60. The Morgan fingerprint density at radius 3 is 2.77 bits per heavy atom. The van der Waals surface area contributed by atoms with Crippen LogP contribution in [0.3, 0.4) is 0 Å². The van der Waals surface area contributed by atoms with Crippen molar-refractivity contribution in [1.82, 2.24) is 25.0 Å². The quantitative estimate of drug-likeness (QED) is 0.485. The second-order valence-corrected chi connectivity index (χ2v) is 5.21. The van der Waals surface area contributed by atoms with Crippen molar-refractivity contribution in [3.05, 3.63) is 12.2 Å². The van der Waals surface area contributed by atoms with Gasteiger partial charge in [-0.15, -0.1) is 0 Å². The van der Waals surface area contributed by atoms with Crippen molar-refractivity contribution in [3.8, 4) is 0 Å². The molecule has 0 aromatic carbocycles. The Kier molecular flexibility index (Phi) is 5.74. The lowest BCUT2D eigenvalue weighted by Crippen LogP contribution is -2.46. The standard InChI is InChI=1S/C14H24N6O2/c1-4-22-13(21)11-5-7-20(8-6-11)14(15-2)16-9-12-17-10-18-19(12)3/h10-11H,4-9H2,1-3H3,(H,15,16). The van der Waals surface area contributed by atoms with E-state index in [1.165, 1.54) is 6.33 Å². The van der Waals surface area contributed by atoms with Crippen LogP contribution in [0.25, 0.3) is 0 Å². The molecular formula is C14H24N6O2. The number of guanidine groups is 1. The van der Waals surface area contributed by atoms with E-state index in [0.717, 1.165) is 37.7 Å². The van der Waals surface area contributed by atoms with Crippen LogP contribution in [0.2, 0.25) is 0 Å². The summed E-state index contributed by atoms with van der Waals surface area (Å²) >= 11 is 0. The number of rotatable bonds is 4. The predicted molar refractivity (Wildman–Crippen MR) is 82.1 cm³/mol. The van der Waals surface area contributed by atoms with E-state index in [1.807, 2.05) is 14.0 Å². The van der Waals surface area contributed by atoms with Crippen LogP contribution in [0.1, 0.15) is 25.6 Å². The molecule has 22 heavy (non-hydrogen) atoms. The highest BCUT2D eigenvalue weighted by Gasteiger charge is 2.27. The largest absolute Gasteiger partial charge is 0.466 e. The maximum Gasteiger partial charge on any atom is 0.309 e. The summed E-state index contributed by atoms with van der Waals surface area (Å²) in [6, 6.07) is 0. The summed E-state index contributed by atoms with van der Waals surface area (Å²) in [5, 5.41) is 7.33. The number of aromatic nitrogens is 3.